The minimum absolute atomic E-state index is 0.0662. The molecule has 16 heavy (non-hydrogen) atoms. The van der Waals surface area contributed by atoms with Gasteiger partial charge in [0.15, 0.2) is 0 Å². The molecule has 88 valence electrons. The first-order valence-corrected chi connectivity index (χ1v) is 5.77. The molecule has 0 aliphatic rings. The van der Waals surface area contributed by atoms with Crippen molar-refractivity contribution >= 4 is 21.9 Å². The molecular formula is C12H15BrO3. The van der Waals surface area contributed by atoms with E-state index in [-0.39, 0.29) is 17.6 Å². The lowest BCUT2D eigenvalue weighted by Crippen LogP contribution is -2.20. The van der Waals surface area contributed by atoms with Gasteiger partial charge in [0.25, 0.3) is 0 Å². The molecule has 1 rings (SSSR count). The summed E-state index contributed by atoms with van der Waals surface area (Å²) in [7, 11) is 0. The van der Waals surface area contributed by atoms with Crippen molar-refractivity contribution in [3.63, 3.8) is 0 Å². The summed E-state index contributed by atoms with van der Waals surface area (Å²) in [5, 5.41) is 18.1. The van der Waals surface area contributed by atoms with Gasteiger partial charge < -0.3 is 10.2 Å². The molecule has 0 heterocycles. The number of aliphatic hydroxyl groups is 1. The topological polar surface area (TPSA) is 57.5 Å². The molecular weight excluding hydrogens is 272 g/mol. The number of benzene rings is 1. The van der Waals surface area contributed by atoms with Crippen LogP contribution in [0.15, 0.2) is 22.7 Å². The zero-order chi connectivity index (χ0) is 12.3. The molecule has 2 N–H and O–H groups in total. The van der Waals surface area contributed by atoms with Crippen LogP contribution in [0.5, 0.6) is 0 Å². The molecule has 0 saturated heterocycles. The molecule has 0 aliphatic carbocycles. The van der Waals surface area contributed by atoms with Crippen molar-refractivity contribution in [2.24, 2.45) is 5.41 Å². The van der Waals surface area contributed by atoms with Crippen LogP contribution >= 0.6 is 15.9 Å². The van der Waals surface area contributed by atoms with Crippen LogP contribution in [0.3, 0.4) is 0 Å². The fourth-order valence-electron chi connectivity index (χ4n) is 1.41. The monoisotopic (exact) mass is 286 g/mol. The van der Waals surface area contributed by atoms with Gasteiger partial charge in [0.1, 0.15) is 0 Å². The summed E-state index contributed by atoms with van der Waals surface area (Å²) in [6.07, 6.45) is 0.630. The van der Waals surface area contributed by atoms with E-state index in [4.69, 9.17) is 5.11 Å². The van der Waals surface area contributed by atoms with E-state index in [0.717, 1.165) is 10.0 Å². The van der Waals surface area contributed by atoms with Gasteiger partial charge in [-0.3, -0.25) is 0 Å². The summed E-state index contributed by atoms with van der Waals surface area (Å²) in [6.45, 7) is 3.94. The minimum atomic E-state index is -0.935. The van der Waals surface area contributed by atoms with Crippen LogP contribution < -0.4 is 0 Å². The van der Waals surface area contributed by atoms with E-state index in [1.54, 1.807) is 18.2 Å². The standard InChI is InChI=1S/C12H15BrO3/c1-12(2,7-14)6-9-5-8(11(15)16)3-4-10(9)13/h3-5,14H,6-7H2,1-2H3,(H,15,16). The van der Waals surface area contributed by atoms with Crippen LogP contribution in [0.1, 0.15) is 29.8 Å². The largest absolute Gasteiger partial charge is 0.478 e. The highest BCUT2D eigenvalue weighted by Crippen LogP contribution is 2.27. The molecule has 0 fully saturated rings. The van der Waals surface area contributed by atoms with E-state index in [2.05, 4.69) is 15.9 Å². The van der Waals surface area contributed by atoms with Gasteiger partial charge in [-0.2, -0.15) is 0 Å². The first-order chi connectivity index (χ1) is 7.35. The average molecular weight is 287 g/mol. The van der Waals surface area contributed by atoms with Gasteiger partial charge in [0.05, 0.1) is 5.56 Å². The quantitative estimate of drug-likeness (QED) is 0.895. The van der Waals surface area contributed by atoms with Gasteiger partial charge in [-0.25, -0.2) is 4.79 Å². The number of rotatable bonds is 4. The van der Waals surface area contributed by atoms with Crippen LogP contribution in [-0.4, -0.2) is 22.8 Å². The maximum absolute atomic E-state index is 10.8. The Balaban J connectivity index is 3.03. The molecule has 1 aromatic rings. The van der Waals surface area contributed by atoms with Crippen molar-refractivity contribution in [1.82, 2.24) is 0 Å². The zero-order valence-electron chi connectivity index (χ0n) is 9.33. The van der Waals surface area contributed by atoms with Gasteiger partial charge in [-0.05, 0) is 35.6 Å². The number of hydrogen-bond acceptors (Lipinski definition) is 2. The van der Waals surface area contributed by atoms with Gasteiger partial charge >= 0.3 is 5.97 Å². The molecule has 0 radical (unpaired) electrons. The maximum Gasteiger partial charge on any atom is 0.335 e. The molecule has 0 aliphatic heterocycles. The summed E-state index contributed by atoms with van der Waals surface area (Å²) in [4.78, 5) is 10.8. The predicted octanol–water partition coefficient (Wildman–Crippen LogP) is 2.71. The molecule has 0 amide bonds. The number of aliphatic hydroxyl groups excluding tert-OH is 1. The molecule has 0 saturated carbocycles. The Hall–Kier alpha value is -0.870. The van der Waals surface area contributed by atoms with Gasteiger partial charge in [0, 0.05) is 11.1 Å². The second kappa shape index (κ2) is 4.97. The Morgan fingerprint density at radius 2 is 2.06 bits per heavy atom. The lowest BCUT2D eigenvalue weighted by atomic mass is 9.86. The van der Waals surface area contributed by atoms with Crippen molar-refractivity contribution < 1.29 is 15.0 Å². The number of hydrogen-bond donors (Lipinski definition) is 2. The second-order valence-electron chi connectivity index (χ2n) is 4.61. The Kier molecular flexibility index (Phi) is 4.10. The van der Waals surface area contributed by atoms with E-state index >= 15 is 0 Å². The normalized spacial score (nSPS) is 11.5. The molecule has 0 atom stereocenters. The molecule has 0 spiro atoms. The molecule has 1 aromatic carbocycles. The van der Waals surface area contributed by atoms with E-state index < -0.39 is 5.97 Å². The third-order valence-corrected chi connectivity index (χ3v) is 3.16. The highest BCUT2D eigenvalue weighted by molar-refractivity contribution is 9.10. The third-order valence-electron chi connectivity index (χ3n) is 2.39. The lowest BCUT2D eigenvalue weighted by Gasteiger charge is -2.22. The fraction of sp³-hybridized carbons (Fsp3) is 0.417. The van der Waals surface area contributed by atoms with Crippen LogP contribution in [0.4, 0.5) is 0 Å². The van der Waals surface area contributed by atoms with E-state index in [0.29, 0.717) is 6.42 Å². The number of carboxylic acids is 1. The summed E-state index contributed by atoms with van der Waals surface area (Å²) in [5.41, 5.74) is 0.922. The van der Waals surface area contributed by atoms with Crippen molar-refractivity contribution in [3.05, 3.63) is 33.8 Å². The first kappa shape index (κ1) is 13.2. The van der Waals surface area contributed by atoms with Crippen molar-refractivity contribution in [1.29, 1.82) is 0 Å². The minimum Gasteiger partial charge on any atom is -0.478 e. The van der Waals surface area contributed by atoms with Crippen molar-refractivity contribution in [2.75, 3.05) is 6.61 Å². The zero-order valence-corrected chi connectivity index (χ0v) is 10.9. The van der Waals surface area contributed by atoms with Crippen molar-refractivity contribution in [2.45, 2.75) is 20.3 Å². The van der Waals surface area contributed by atoms with Gasteiger partial charge in [-0.15, -0.1) is 0 Å². The van der Waals surface area contributed by atoms with E-state index in [1.165, 1.54) is 0 Å². The van der Waals surface area contributed by atoms with Crippen LogP contribution in [0, 0.1) is 5.41 Å². The highest BCUT2D eigenvalue weighted by atomic mass is 79.9. The number of carbonyl (C=O) groups is 1. The molecule has 0 bridgehead atoms. The van der Waals surface area contributed by atoms with Crippen LogP contribution in [0.2, 0.25) is 0 Å². The summed E-state index contributed by atoms with van der Waals surface area (Å²) >= 11 is 3.39. The number of carboxylic acid groups (broad SMARTS) is 1. The predicted molar refractivity (Wildman–Crippen MR) is 65.7 cm³/mol. The number of halogens is 1. The van der Waals surface area contributed by atoms with E-state index in [1.807, 2.05) is 13.8 Å². The molecule has 0 aromatic heterocycles. The van der Waals surface area contributed by atoms with Crippen LogP contribution in [-0.2, 0) is 6.42 Å². The second-order valence-corrected chi connectivity index (χ2v) is 5.46. The van der Waals surface area contributed by atoms with Gasteiger partial charge in [-0.1, -0.05) is 29.8 Å². The maximum atomic E-state index is 10.8. The first-order valence-electron chi connectivity index (χ1n) is 4.98. The molecule has 3 nitrogen and oxygen atoms in total. The summed E-state index contributed by atoms with van der Waals surface area (Å²) < 4.78 is 0.874. The third kappa shape index (κ3) is 3.32. The highest BCUT2D eigenvalue weighted by Gasteiger charge is 2.19. The molecule has 4 heteroatoms. The van der Waals surface area contributed by atoms with Gasteiger partial charge in [0.2, 0.25) is 0 Å². The Morgan fingerprint density at radius 1 is 1.44 bits per heavy atom. The SMILES string of the molecule is CC(C)(CO)Cc1cc(C(=O)O)ccc1Br. The average Bonchev–Trinajstić information content (AvgIpc) is 2.21. The fourth-order valence-corrected chi connectivity index (χ4v) is 1.80. The Morgan fingerprint density at radius 3 is 2.56 bits per heavy atom. The smallest absolute Gasteiger partial charge is 0.335 e. The Labute approximate surface area is 103 Å². The lowest BCUT2D eigenvalue weighted by molar-refractivity contribution is 0.0696. The summed E-state index contributed by atoms with van der Waals surface area (Å²) in [5.74, 6) is -0.935. The summed E-state index contributed by atoms with van der Waals surface area (Å²) in [6, 6.07) is 4.93. The van der Waals surface area contributed by atoms with Crippen molar-refractivity contribution in [3.8, 4) is 0 Å². The molecule has 0 unspecified atom stereocenters. The number of aromatic carboxylic acids is 1. The van der Waals surface area contributed by atoms with Crippen LogP contribution in [0.25, 0.3) is 0 Å². The van der Waals surface area contributed by atoms with E-state index in [9.17, 15) is 9.90 Å². The Bertz CT molecular complexity index is 399.